The fourth-order valence-electron chi connectivity index (χ4n) is 3.46. The average Bonchev–Trinajstić information content (AvgIpc) is 3.38. The minimum Gasteiger partial charge on any atom is -0.467 e. The number of hydrogen-bond donors (Lipinski definition) is 2. The third-order valence-electron chi connectivity index (χ3n) is 5.07. The summed E-state index contributed by atoms with van der Waals surface area (Å²) < 4.78 is 5.29. The van der Waals surface area contributed by atoms with Gasteiger partial charge < -0.3 is 20.0 Å². The number of benzene rings is 2. The highest BCUT2D eigenvalue weighted by atomic mass is 35.5. The van der Waals surface area contributed by atoms with Gasteiger partial charge in [-0.2, -0.15) is 0 Å². The molecule has 3 aromatic rings. The van der Waals surface area contributed by atoms with Crippen molar-refractivity contribution in [3.63, 3.8) is 0 Å². The van der Waals surface area contributed by atoms with E-state index in [9.17, 15) is 9.59 Å². The Morgan fingerprint density at radius 2 is 1.97 bits per heavy atom. The van der Waals surface area contributed by atoms with Crippen LogP contribution in [0.15, 0.2) is 71.3 Å². The second kappa shape index (κ2) is 9.05. The van der Waals surface area contributed by atoms with Gasteiger partial charge in [0.05, 0.1) is 29.4 Å². The number of carbonyl (C=O) groups excluding carboxylic acids is 2. The van der Waals surface area contributed by atoms with Crippen molar-refractivity contribution >= 4 is 34.8 Å². The molecule has 4 rings (SSSR count). The number of furan rings is 1. The lowest BCUT2D eigenvalue weighted by atomic mass is 10.1. The second-order valence-electron chi connectivity index (χ2n) is 7.28. The van der Waals surface area contributed by atoms with E-state index in [0.29, 0.717) is 36.1 Å². The van der Waals surface area contributed by atoms with Crippen molar-refractivity contribution in [3.8, 4) is 0 Å². The number of carbonyl (C=O) groups is 2. The standard InChI is InChI=1S/C23H22ClN3O3/c24-20-12-18(8-9-21(20)25-13-16-5-2-1-3-6-16)26-23(29)17-11-22(28)27(14-17)15-19-7-4-10-30-19/h1-10,12,17,25H,11,13-15H2,(H,26,29). The first-order valence-electron chi connectivity index (χ1n) is 9.77. The molecule has 0 aliphatic carbocycles. The largest absolute Gasteiger partial charge is 0.467 e. The summed E-state index contributed by atoms with van der Waals surface area (Å²) in [6, 6.07) is 19.0. The van der Waals surface area contributed by atoms with Crippen LogP contribution < -0.4 is 10.6 Å². The van der Waals surface area contributed by atoms with Crippen LogP contribution in [-0.2, 0) is 22.7 Å². The van der Waals surface area contributed by atoms with E-state index in [2.05, 4.69) is 10.6 Å². The molecule has 1 aliphatic rings. The van der Waals surface area contributed by atoms with Gasteiger partial charge in [-0.25, -0.2) is 0 Å². The van der Waals surface area contributed by atoms with Crippen molar-refractivity contribution in [1.82, 2.24) is 4.90 Å². The van der Waals surface area contributed by atoms with Crippen LogP contribution in [0.25, 0.3) is 0 Å². The maximum Gasteiger partial charge on any atom is 0.229 e. The summed E-state index contributed by atoms with van der Waals surface area (Å²) in [6.45, 7) is 1.40. The number of hydrogen-bond acceptors (Lipinski definition) is 4. The first-order chi connectivity index (χ1) is 14.6. The number of rotatable bonds is 7. The first kappa shape index (κ1) is 20.0. The molecular formula is C23H22ClN3O3. The van der Waals surface area contributed by atoms with E-state index in [0.717, 1.165) is 11.3 Å². The lowest BCUT2D eigenvalue weighted by Gasteiger charge is -2.15. The predicted molar refractivity (Wildman–Crippen MR) is 116 cm³/mol. The van der Waals surface area contributed by atoms with Crippen LogP contribution in [0.4, 0.5) is 11.4 Å². The van der Waals surface area contributed by atoms with Crippen molar-refractivity contribution in [2.45, 2.75) is 19.5 Å². The topological polar surface area (TPSA) is 74.6 Å². The smallest absolute Gasteiger partial charge is 0.229 e. The van der Waals surface area contributed by atoms with E-state index < -0.39 is 5.92 Å². The van der Waals surface area contributed by atoms with Gasteiger partial charge in [-0.05, 0) is 35.9 Å². The number of likely N-dealkylation sites (tertiary alicyclic amines) is 1. The van der Waals surface area contributed by atoms with Crippen molar-refractivity contribution in [2.24, 2.45) is 5.92 Å². The quantitative estimate of drug-likeness (QED) is 0.585. The van der Waals surface area contributed by atoms with Crippen LogP contribution in [0.3, 0.4) is 0 Å². The number of amides is 2. The molecule has 1 aliphatic heterocycles. The Hall–Kier alpha value is -3.25. The molecule has 0 saturated carbocycles. The average molecular weight is 424 g/mol. The highest BCUT2D eigenvalue weighted by molar-refractivity contribution is 6.33. The summed E-state index contributed by atoms with van der Waals surface area (Å²) in [6.07, 6.45) is 1.76. The molecule has 6 nitrogen and oxygen atoms in total. The van der Waals surface area contributed by atoms with Crippen LogP contribution in [0, 0.1) is 5.92 Å². The molecule has 0 spiro atoms. The highest BCUT2D eigenvalue weighted by Gasteiger charge is 2.34. The van der Waals surface area contributed by atoms with Crippen LogP contribution in [0.5, 0.6) is 0 Å². The Morgan fingerprint density at radius 3 is 2.70 bits per heavy atom. The predicted octanol–water partition coefficient (Wildman–Crippen LogP) is 4.53. The summed E-state index contributed by atoms with van der Waals surface area (Å²) in [4.78, 5) is 26.5. The van der Waals surface area contributed by atoms with E-state index in [1.807, 2.05) is 42.5 Å². The Labute approximate surface area is 179 Å². The molecular weight excluding hydrogens is 402 g/mol. The normalized spacial score (nSPS) is 16.0. The van der Waals surface area contributed by atoms with Gasteiger partial charge in [0.2, 0.25) is 11.8 Å². The molecule has 2 heterocycles. The molecule has 2 N–H and O–H groups in total. The summed E-state index contributed by atoms with van der Waals surface area (Å²) in [5.41, 5.74) is 2.54. The molecule has 0 bridgehead atoms. The SMILES string of the molecule is O=C(Nc1ccc(NCc2ccccc2)c(Cl)c1)C1CC(=O)N(Cc2ccco2)C1. The molecule has 2 aromatic carbocycles. The van der Waals surface area contributed by atoms with Gasteiger partial charge in [-0.3, -0.25) is 9.59 Å². The highest BCUT2D eigenvalue weighted by Crippen LogP contribution is 2.27. The van der Waals surface area contributed by atoms with Crippen LogP contribution in [0.1, 0.15) is 17.7 Å². The fourth-order valence-corrected chi connectivity index (χ4v) is 3.71. The minimum atomic E-state index is -0.401. The van der Waals surface area contributed by atoms with E-state index in [1.165, 1.54) is 0 Å². The molecule has 1 aromatic heterocycles. The van der Waals surface area contributed by atoms with Crippen LogP contribution >= 0.6 is 11.6 Å². The van der Waals surface area contributed by atoms with E-state index in [1.54, 1.807) is 29.4 Å². The van der Waals surface area contributed by atoms with Gasteiger partial charge >= 0.3 is 0 Å². The monoisotopic (exact) mass is 423 g/mol. The van der Waals surface area contributed by atoms with Crippen molar-refractivity contribution < 1.29 is 14.0 Å². The van der Waals surface area contributed by atoms with Crippen LogP contribution in [0.2, 0.25) is 5.02 Å². The number of nitrogens with one attached hydrogen (secondary N) is 2. The minimum absolute atomic E-state index is 0.0509. The van der Waals surface area contributed by atoms with E-state index in [4.69, 9.17) is 16.0 Å². The third kappa shape index (κ3) is 4.83. The Morgan fingerprint density at radius 1 is 1.13 bits per heavy atom. The van der Waals surface area contributed by atoms with Crippen molar-refractivity contribution in [1.29, 1.82) is 0 Å². The Balaban J connectivity index is 1.33. The number of halogens is 1. The van der Waals surface area contributed by atoms with Gasteiger partial charge in [0.15, 0.2) is 0 Å². The lowest BCUT2D eigenvalue weighted by molar-refractivity contribution is -0.128. The summed E-state index contributed by atoms with van der Waals surface area (Å²) >= 11 is 6.38. The third-order valence-corrected chi connectivity index (χ3v) is 5.39. The summed E-state index contributed by atoms with van der Waals surface area (Å²) in [5, 5.41) is 6.68. The fraction of sp³-hybridized carbons (Fsp3) is 0.217. The molecule has 0 radical (unpaired) electrons. The Kier molecular flexibility index (Phi) is 6.05. The number of anilines is 2. The maximum absolute atomic E-state index is 12.6. The zero-order valence-corrected chi connectivity index (χ0v) is 17.1. The molecule has 1 unspecified atom stereocenters. The van der Waals surface area contributed by atoms with Crippen molar-refractivity contribution in [3.05, 3.63) is 83.3 Å². The molecule has 30 heavy (non-hydrogen) atoms. The van der Waals surface area contributed by atoms with Gasteiger partial charge in [-0.15, -0.1) is 0 Å². The summed E-state index contributed by atoms with van der Waals surface area (Å²) in [5.74, 6) is 0.0632. The molecule has 7 heteroatoms. The lowest BCUT2D eigenvalue weighted by Crippen LogP contribution is -2.27. The molecule has 1 saturated heterocycles. The van der Waals surface area contributed by atoms with Gasteiger partial charge in [0.1, 0.15) is 5.76 Å². The summed E-state index contributed by atoms with van der Waals surface area (Å²) in [7, 11) is 0. The van der Waals surface area contributed by atoms with Crippen LogP contribution in [-0.4, -0.2) is 23.3 Å². The van der Waals surface area contributed by atoms with Gasteiger partial charge in [-0.1, -0.05) is 41.9 Å². The number of nitrogens with zero attached hydrogens (tertiary/aromatic N) is 1. The molecule has 154 valence electrons. The zero-order valence-electron chi connectivity index (χ0n) is 16.3. The van der Waals surface area contributed by atoms with E-state index >= 15 is 0 Å². The maximum atomic E-state index is 12.6. The second-order valence-corrected chi connectivity index (χ2v) is 7.68. The first-order valence-corrected chi connectivity index (χ1v) is 10.1. The van der Waals surface area contributed by atoms with E-state index in [-0.39, 0.29) is 18.2 Å². The Bertz CT molecular complexity index is 1020. The molecule has 1 atom stereocenters. The molecule has 1 fully saturated rings. The van der Waals surface area contributed by atoms with Gasteiger partial charge in [0.25, 0.3) is 0 Å². The molecule has 2 amide bonds. The van der Waals surface area contributed by atoms with Gasteiger partial charge in [0, 0.05) is 25.2 Å². The van der Waals surface area contributed by atoms with Crippen molar-refractivity contribution in [2.75, 3.05) is 17.2 Å². The zero-order chi connectivity index (χ0) is 20.9.